The predicted molar refractivity (Wildman–Crippen MR) is 90.1 cm³/mol. The highest BCUT2D eigenvalue weighted by atomic mass is 35.5. The lowest BCUT2D eigenvalue weighted by Gasteiger charge is -2.27. The van der Waals surface area contributed by atoms with Crippen LogP contribution in [-0.4, -0.2) is 51.0 Å². The molecule has 1 unspecified atom stereocenters. The van der Waals surface area contributed by atoms with E-state index >= 15 is 0 Å². The number of nitrogens with one attached hydrogen (secondary N) is 1. The number of aryl methyl sites for hydroxylation is 2. The summed E-state index contributed by atoms with van der Waals surface area (Å²) in [6.07, 6.45) is 2.50. The Kier molecular flexibility index (Phi) is 5.64. The molecule has 2 aliphatic rings. The molecule has 9 heteroatoms. The summed E-state index contributed by atoms with van der Waals surface area (Å²) >= 11 is 0. The minimum atomic E-state index is -3.82. The Balaban J connectivity index is 0.00000208. The van der Waals surface area contributed by atoms with Crippen molar-refractivity contribution >= 4 is 28.4 Å². The van der Waals surface area contributed by atoms with Gasteiger partial charge in [0.1, 0.15) is 22.0 Å². The number of hydrogen-bond acceptors (Lipinski definition) is 6. The molecule has 1 N–H and O–H groups in total. The number of hydrogen-bond donors (Lipinski definition) is 1. The molecule has 3 rings (SSSR count). The SMILES string of the molecule is COC(=O)c1c(C)oc(C)c1S(=O)(=O)N(C1CC1)C1CCNC1.Cl. The normalized spacial score (nSPS) is 20.9. The molecule has 1 aromatic heterocycles. The number of halogens is 1. The van der Waals surface area contributed by atoms with Gasteiger partial charge < -0.3 is 14.5 Å². The van der Waals surface area contributed by atoms with Crippen molar-refractivity contribution in [2.75, 3.05) is 20.2 Å². The van der Waals surface area contributed by atoms with Crippen molar-refractivity contribution in [3.05, 3.63) is 17.1 Å². The highest BCUT2D eigenvalue weighted by molar-refractivity contribution is 7.89. The summed E-state index contributed by atoms with van der Waals surface area (Å²) in [4.78, 5) is 12.0. The van der Waals surface area contributed by atoms with Gasteiger partial charge in [-0.15, -0.1) is 12.4 Å². The molecule has 1 aliphatic heterocycles. The first kappa shape index (κ1) is 19.2. The number of carbonyl (C=O) groups excluding carboxylic acids is 1. The van der Waals surface area contributed by atoms with E-state index in [0.717, 1.165) is 25.8 Å². The monoisotopic (exact) mass is 378 g/mol. The third-order valence-corrected chi connectivity index (χ3v) is 6.59. The fraction of sp³-hybridized carbons (Fsp3) is 0.667. The lowest BCUT2D eigenvalue weighted by Crippen LogP contribution is -2.43. The van der Waals surface area contributed by atoms with Gasteiger partial charge in [-0.25, -0.2) is 13.2 Å². The van der Waals surface area contributed by atoms with Crippen LogP contribution in [0, 0.1) is 13.8 Å². The summed E-state index contributed by atoms with van der Waals surface area (Å²) < 4.78 is 38.4. The molecule has 0 radical (unpaired) electrons. The van der Waals surface area contributed by atoms with Crippen molar-refractivity contribution < 1.29 is 22.4 Å². The Morgan fingerprint density at radius 3 is 2.38 bits per heavy atom. The van der Waals surface area contributed by atoms with Crippen molar-refractivity contribution in [3.63, 3.8) is 0 Å². The van der Waals surface area contributed by atoms with Gasteiger partial charge in [-0.3, -0.25) is 0 Å². The van der Waals surface area contributed by atoms with Crippen LogP contribution < -0.4 is 5.32 Å². The van der Waals surface area contributed by atoms with Crippen LogP contribution in [0.2, 0.25) is 0 Å². The zero-order valence-electron chi connectivity index (χ0n) is 14.0. The van der Waals surface area contributed by atoms with Crippen LogP contribution >= 0.6 is 12.4 Å². The fourth-order valence-electron chi connectivity index (χ4n) is 3.29. The second kappa shape index (κ2) is 7.03. The van der Waals surface area contributed by atoms with Gasteiger partial charge in [0.15, 0.2) is 0 Å². The van der Waals surface area contributed by atoms with E-state index in [2.05, 4.69) is 5.32 Å². The maximum Gasteiger partial charge on any atom is 0.342 e. The third-order valence-electron chi connectivity index (χ3n) is 4.43. The van der Waals surface area contributed by atoms with Crippen LogP contribution in [0.5, 0.6) is 0 Å². The van der Waals surface area contributed by atoms with E-state index in [1.807, 2.05) is 0 Å². The van der Waals surface area contributed by atoms with Gasteiger partial charge in [-0.05, 0) is 39.7 Å². The van der Waals surface area contributed by atoms with Gasteiger partial charge in [-0.2, -0.15) is 4.31 Å². The number of methoxy groups -OCH3 is 1. The first-order valence-corrected chi connectivity index (χ1v) is 9.24. The molecule has 0 amide bonds. The third kappa shape index (κ3) is 3.20. The predicted octanol–water partition coefficient (Wildman–Crippen LogP) is 1.62. The molecular formula is C15H23ClN2O5S. The Morgan fingerprint density at radius 1 is 1.21 bits per heavy atom. The summed E-state index contributed by atoms with van der Waals surface area (Å²) in [5.41, 5.74) is 0.0154. The molecule has 1 saturated heterocycles. The zero-order chi connectivity index (χ0) is 16.8. The highest BCUT2D eigenvalue weighted by Gasteiger charge is 2.46. The Hall–Kier alpha value is -1.09. The molecule has 0 spiro atoms. The molecule has 2 fully saturated rings. The van der Waals surface area contributed by atoms with Crippen LogP contribution in [0.3, 0.4) is 0 Å². The Morgan fingerprint density at radius 2 is 1.88 bits per heavy atom. The van der Waals surface area contributed by atoms with E-state index in [1.165, 1.54) is 7.11 Å². The Labute approximate surface area is 148 Å². The Bertz CT molecular complexity index is 720. The number of sulfonamides is 1. The van der Waals surface area contributed by atoms with Gasteiger partial charge in [-0.1, -0.05) is 0 Å². The largest absolute Gasteiger partial charge is 0.465 e. The number of nitrogens with zero attached hydrogens (tertiary/aromatic N) is 1. The summed E-state index contributed by atoms with van der Waals surface area (Å²) in [6, 6.07) is -0.0578. The van der Waals surface area contributed by atoms with Crippen molar-refractivity contribution in [1.29, 1.82) is 0 Å². The van der Waals surface area contributed by atoms with Crippen LogP contribution in [0.25, 0.3) is 0 Å². The molecule has 1 aromatic rings. The van der Waals surface area contributed by atoms with E-state index < -0.39 is 16.0 Å². The number of rotatable bonds is 5. The molecular weight excluding hydrogens is 356 g/mol. The topological polar surface area (TPSA) is 88.8 Å². The van der Waals surface area contributed by atoms with Gasteiger partial charge >= 0.3 is 5.97 Å². The minimum absolute atomic E-state index is 0. The highest BCUT2D eigenvalue weighted by Crippen LogP contribution is 2.38. The van der Waals surface area contributed by atoms with E-state index in [-0.39, 0.29) is 46.5 Å². The van der Waals surface area contributed by atoms with Gasteiger partial charge in [0.25, 0.3) is 0 Å². The first-order chi connectivity index (χ1) is 10.9. The number of esters is 1. The first-order valence-electron chi connectivity index (χ1n) is 7.80. The molecule has 24 heavy (non-hydrogen) atoms. The second-order valence-electron chi connectivity index (χ2n) is 6.12. The average Bonchev–Trinajstić information content (AvgIpc) is 3.05. The zero-order valence-corrected chi connectivity index (χ0v) is 15.6. The molecule has 0 aromatic carbocycles. The van der Waals surface area contributed by atoms with Crippen LogP contribution in [-0.2, 0) is 14.8 Å². The maximum absolute atomic E-state index is 13.3. The number of furan rings is 1. The van der Waals surface area contributed by atoms with Gasteiger partial charge in [0, 0.05) is 18.6 Å². The molecule has 2 heterocycles. The number of ether oxygens (including phenoxy) is 1. The fourth-order valence-corrected chi connectivity index (χ4v) is 5.57. The van der Waals surface area contributed by atoms with E-state index in [4.69, 9.17) is 9.15 Å². The van der Waals surface area contributed by atoms with Crippen molar-refractivity contribution in [2.24, 2.45) is 0 Å². The summed E-state index contributed by atoms with van der Waals surface area (Å²) in [6.45, 7) is 4.59. The standard InChI is InChI=1S/C15H22N2O5S.ClH/c1-9-13(15(18)21-3)14(10(2)22-9)23(19,20)17(11-4-5-11)12-6-7-16-8-12;/h11-12,16H,4-8H2,1-3H3;1H. The van der Waals surface area contributed by atoms with Crippen LogP contribution in [0.1, 0.15) is 41.1 Å². The van der Waals surface area contributed by atoms with Crippen LogP contribution in [0.15, 0.2) is 9.31 Å². The quantitative estimate of drug-likeness (QED) is 0.783. The molecule has 1 aliphatic carbocycles. The second-order valence-corrected chi connectivity index (χ2v) is 7.90. The lowest BCUT2D eigenvalue weighted by molar-refractivity contribution is 0.0594. The van der Waals surface area contributed by atoms with E-state index in [0.29, 0.717) is 6.54 Å². The molecule has 1 saturated carbocycles. The molecule has 7 nitrogen and oxygen atoms in total. The van der Waals surface area contributed by atoms with Crippen molar-refractivity contribution in [3.8, 4) is 0 Å². The average molecular weight is 379 g/mol. The summed E-state index contributed by atoms with van der Waals surface area (Å²) in [5.74, 6) is -0.175. The smallest absolute Gasteiger partial charge is 0.342 e. The van der Waals surface area contributed by atoms with E-state index in [9.17, 15) is 13.2 Å². The van der Waals surface area contributed by atoms with Crippen LogP contribution in [0.4, 0.5) is 0 Å². The van der Waals surface area contributed by atoms with Gasteiger partial charge in [0.2, 0.25) is 10.0 Å². The molecule has 1 atom stereocenters. The number of carbonyl (C=O) groups is 1. The van der Waals surface area contributed by atoms with E-state index in [1.54, 1.807) is 18.2 Å². The molecule has 136 valence electrons. The molecule has 0 bridgehead atoms. The van der Waals surface area contributed by atoms with Crippen molar-refractivity contribution in [2.45, 2.75) is 50.1 Å². The maximum atomic E-state index is 13.3. The van der Waals surface area contributed by atoms with Crippen molar-refractivity contribution in [1.82, 2.24) is 9.62 Å². The summed E-state index contributed by atoms with van der Waals surface area (Å²) in [5, 5.41) is 3.21. The van der Waals surface area contributed by atoms with Gasteiger partial charge in [0.05, 0.1) is 7.11 Å². The lowest BCUT2D eigenvalue weighted by atomic mass is 10.2. The minimum Gasteiger partial charge on any atom is -0.465 e. The summed E-state index contributed by atoms with van der Waals surface area (Å²) in [7, 11) is -2.58.